The molecule has 0 aliphatic carbocycles. The number of para-hydroxylation sites is 2. The van der Waals surface area contributed by atoms with E-state index in [-0.39, 0.29) is 5.91 Å². The highest BCUT2D eigenvalue weighted by atomic mass is 16.5. The summed E-state index contributed by atoms with van der Waals surface area (Å²) in [5.74, 6) is 2.11. The molecule has 1 saturated heterocycles. The fraction of sp³-hybridized carbons (Fsp3) is 0.381. The molecule has 1 aliphatic heterocycles. The van der Waals surface area contributed by atoms with Crippen LogP contribution in [0, 0.1) is 0 Å². The fourth-order valence-electron chi connectivity index (χ4n) is 3.33. The lowest BCUT2D eigenvalue weighted by molar-refractivity contribution is -0.132. The van der Waals surface area contributed by atoms with Gasteiger partial charge >= 0.3 is 0 Å². The van der Waals surface area contributed by atoms with Crippen molar-refractivity contribution in [3.63, 3.8) is 0 Å². The molecule has 0 unspecified atom stereocenters. The summed E-state index contributed by atoms with van der Waals surface area (Å²) >= 11 is 0. The van der Waals surface area contributed by atoms with Crippen LogP contribution in [0.1, 0.15) is 30.7 Å². The monoisotopic (exact) mass is 339 g/mol. The minimum absolute atomic E-state index is 0.168. The Morgan fingerprint density at radius 2 is 1.64 bits per heavy atom. The van der Waals surface area contributed by atoms with Crippen molar-refractivity contribution in [1.82, 2.24) is 4.90 Å². The van der Waals surface area contributed by atoms with E-state index in [4.69, 9.17) is 9.47 Å². The van der Waals surface area contributed by atoms with Crippen LogP contribution >= 0.6 is 0 Å². The molecule has 0 radical (unpaired) electrons. The summed E-state index contributed by atoms with van der Waals surface area (Å²) < 4.78 is 11.0. The van der Waals surface area contributed by atoms with Crippen LogP contribution in [0.2, 0.25) is 0 Å². The van der Waals surface area contributed by atoms with Gasteiger partial charge < -0.3 is 14.4 Å². The quantitative estimate of drug-likeness (QED) is 0.802. The SMILES string of the molecule is COc1ccccc1OCCC(=O)N1CCC(c2ccccc2)CC1. The fourth-order valence-corrected chi connectivity index (χ4v) is 3.33. The summed E-state index contributed by atoms with van der Waals surface area (Å²) in [7, 11) is 1.62. The highest BCUT2D eigenvalue weighted by Crippen LogP contribution is 2.28. The molecule has 132 valence electrons. The van der Waals surface area contributed by atoms with Crippen LogP contribution in [-0.4, -0.2) is 37.6 Å². The van der Waals surface area contributed by atoms with E-state index in [2.05, 4.69) is 24.3 Å². The molecule has 25 heavy (non-hydrogen) atoms. The average molecular weight is 339 g/mol. The Bertz CT molecular complexity index is 679. The van der Waals surface area contributed by atoms with Crippen molar-refractivity contribution in [2.75, 3.05) is 26.8 Å². The topological polar surface area (TPSA) is 38.8 Å². The molecule has 4 heteroatoms. The normalized spacial score (nSPS) is 15.0. The van der Waals surface area contributed by atoms with E-state index in [1.165, 1.54) is 5.56 Å². The van der Waals surface area contributed by atoms with Gasteiger partial charge in [-0.2, -0.15) is 0 Å². The van der Waals surface area contributed by atoms with Gasteiger partial charge in [0.25, 0.3) is 0 Å². The highest BCUT2D eigenvalue weighted by Gasteiger charge is 2.23. The Kier molecular flexibility index (Phi) is 5.94. The molecule has 1 aliphatic rings. The third kappa shape index (κ3) is 4.53. The van der Waals surface area contributed by atoms with Crippen molar-refractivity contribution in [3.05, 3.63) is 60.2 Å². The molecule has 0 aromatic heterocycles. The first-order valence-corrected chi connectivity index (χ1v) is 8.86. The van der Waals surface area contributed by atoms with Crippen molar-refractivity contribution < 1.29 is 14.3 Å². The molecule has 0 atom stereocenters. The number of nitrogens with zero attached hydrogens (tertiary/aromatic N) is 1. The number of hydrogen-bond acceptors (Lipinski definition) is 3. The maximum Gasteiger partial charge on any atom is 0.225 e. The van der Waals surface area contributed by atoms with Crippen LogP contribution < -0.4 is 9.47 Å². The van der Waals surface area contributed by atoms with Gasteiger partial charge in [-0.25, -0.2) is 0 Å². The first-order chi connectivity index (χ1) is 12.3. The Labute approximate surface area is 149 Å². The van der Waals surface area contributed by atoms with Gasteiger partial charge in [0.2, 0.25) is 5.91 Å². The van der Waals surface area contributed by atoms with Crippen molar-refractivity contribution in [3.8, 4) is 11.5 Å². The minimum atomic E-state index is 0.168. The molecule has 0 N–H and O–H groups in total. The second-order valence-electron chi connectivity index (χ2n) is 6.32. The number of benzene rings is 2. The first kappa shape index (κ1) is 17.3. The van der Waals surface area contributed by atoms with Crippen molar-refractivity contribution in [2.45, 2.75) is 25.2 Å². The molecule has 3 rings (SSSR count). The average Bonchev–Trinajstić information content (AvgIpc) is 2.69. The van der Waals surface area contributed by atoms with E-state index in [0.717, 1.165) is 25.9 Å². The molecular weight excluding hydrogens is 314 g/mol. The smallest absolute Gasteiger partial charge is 0.225 e. The molecule has 0 spiro atoms. The number of carbonyl (C=O) groups is 1. The third-order valence-corrected chi connectivity index (χ3v) is 4.76. The largest absolute Gasteiger partial charge is 0.493 e. The van der Waals surface area contributed by atoms with Gasteiger partial charge in [-0.05, 0) is 36.5 Å². The maximum absolute atomic E-state index is 12.4. The Balaban J connectivity index is 1.44. The van der Waals surface area contributed by atoms with Gasteiger partial charge in [-0.1, -0.05) is 42.5 Å². The summed E-state index contributed by atoms with van der Waals surface area (Å²) in [4.78, 5) is 14.4. The first-order valence-electron chi connectivity index (χ1n) is 8.86. The molecule has 2 aromatic rings. The predicted molar refractivity (Wildman–Crippen MR) is 98.1 cm³/mol. The minimum Gasteiger partial charge on any atom is -0.493 e. The maximum atomic E-state index is 12.4. The number of piperidine rings is 1. The zero-order valence-corrected chi connectivity index (χ0v) is 14.7. The Hall–Kier alpha value is -2.49. The van der Waals surface area contributed by atoms with Crippen LogP contribution in [0.3, 0.4) is 0 Å². The summed E-state index contributed by atoms with van der Waals surface area (Å²) in [5.41, 5.74) is 1.38. The van der Waals surface area contributed by atoms with Gasteiger partial charge in [0, 0.05) is 13.1 Å². The van der Waals surface area contributed by atoms with E-state index in [1.807, 2.05) is 35.2 Å². The molecular formula is C21H25NO3. The van der Waals surface area contributed by atoms with Gasteiger partial charge in [0.1, 0.15) is 0 Å². The van der Waals surface area contributed by atoms with E-state index < -0.39 is 0 Å². The molecule has 1 fully saturated rings. The summed E-state index contributed by atoms with van der Waals surface area (Å²) in [6.07, 6.45) is 2.46. The van der Waals surface area contributed by atoms with Gasteiger partial charge in [0.05, 0.1) is 20.1 Å². The predicted octanol–water partition coefficient (Wildman–Crippen LogP) is 3.87. The Morgan fingerprint density at radius 1 is 1.00 bits per heavy atom. The number of ether oxygens (including phenoxy) is 2. The Morgan fingerprint density at radius 3 is 2.32 bits per heavy atom. The van der Waals surface area contributed by atoms with Crippen LogP contribution in [0.15, 0.2) is 54.6 Å². The number of hydrogen-bond donors (Lipinski definition) is 0. The van der Waals surface area contributed by atoms with Crippen LogP contribution in [0.25, 0.3) is 0 Å². The van der Waals surface area contributed by atoms with E-state index in [1.54, 1.807) is 7.11 Å². The summed E-state index contributed by atoms with van der Waals surface area (Å²) in [6, 6.07) is 18.1. The summed E-state index contributed by atoms with van der Waals surface area (Å²) in [6.45, 7) is 2.03. The van der Waals surface area contributed by atoms with Gasteiger partial charge in [-0.15, -0.1) is 0 Å². The third-order valence-electron chi connectivity index (χ3n) is 4.76. The highest BCUT2D eigenvalue weighted by molar-refractivity contribution is 5.76. The summed E-state index contributed by atoms with van der Waals surface area (Å²) in [5, 5.41) is 0. The molecule has 0 saturated carbocycles. The van der Waals surface area contributed by atoms with Crippen LogP contribution in [-0.2, 0) is 4.79 Å². The lowest BCUT2D eigenvalue weighted by Gasteiger charge is -2.32. The molecule has 1 amide bonds. The molecule has 2 aromatic carbocycles. The van der Waals surface area contributed by atoms with E-state index in [0.29, 0.717) is 30.4 Å². The van der Waals surface area contributed by atoms with Gasteiger partial charge in [0.15, 0.2) is 11.5 Å². The number of amides is 1. The van der Waals surface area contributed by atoms with Crippen LogP contribution in [0.4, 0.5) is 0 Å². The molecule has 1 heterocycles. The number of methoxy groups -OCH3 is 1. The number of likely N-dealkylation sites (tertiary alicyclic amines) is 1. The lowest BCUT2D eigenvalue weighted by Crippen LogP contribution is -2.38. The second-order valence-corrected chi connectivity index (χ2v) is 6.32. The second kappa shape index (κ2) is 8.56. The van der Waals surface area contributed by atoms with Gasteiger partial charge in [-0.3, -0.25) is 4.79 Å². The van der Waals surface area contributed by atoms with Crippen molar-refractivity contribution >= 4 is 5.91 Å². The molecule has 4 nitrogen and oxygen atoms in total. The standard InChI is InChI=1S/C21H25NO3/c1-24-19-9-5-6-10-20(19)25-16-13-21(23)22-14-11-18(12-15-22)17-7-3-2-4-8-17/h2-10,18H,11-16H2,1H3. The zero-order chi connectivity index (χ0) is 17.5. The number of rotatable bonds is 6. The number of carbonyl (C=O) groups excluding carboxylic acids is 1. The van der Waals surface area contributed by atoms with Crippen molar-refractivity contribution in [1.29, 1.82) is 0 Å². The molecule has 0 bridgehead atoms. The zero-order valence-electron chi connectivity index (χ0n) is 14.7. The van der Waals surface area contributed by atoms with E-state index >= 15 is 0 Å². The lowest BCUT2D eigenvalue weighted by atomic mass is 9.89. The van der Waals surface area contributed by atoms with Crippen LogP contribution in [0.5, 0.6) is 11.5 Å². The van der Waals surface area contributed by atoms with Crippen molar-refractivity contribution in [2.24, 2.45) is 0 Å². The van der Waals surface area contributed by atoms with E-state index in [9.17, 15) is 4.79 Å².